The average molecular weight is 569 g/mol. The average Bonchev–Trinajstić information content (AvgIpc) is 2.73. The molecule has 0 atom stereocenters. The molecular formula is C22H15F3IN3O2S. The second-order valence-corrected chi connectivity index (χ2v) is 8.19. The van der Waals surface area contributed by atoms with Crippen LogP contribution in [0.25, 0.3) is 0 Å². The number of rotatable bonds is 4. The molecule has 164 valence electrons. The number of nitrogens with one attached hydrogen (secondary N) is 3. The Morgan fingerprint density at radius 2 is 1.38 bits per heavy atom. The fourth-order valence-electron chi connectivity index (χ4n) is 2.68. The summed E-state index contributed by atoms with van der Waals surface area (Å²) >= 11 is 7.25. The third kappa shape index (κ3) is 6.50. The van der Waals surface area contributed by atoms with E-state index in [0.717, 1.165) is 15.7 Å². The zero-order valence-corrected chi connectivity index (χ0v) is 19.1. The Bertz CT molecular complexity index is 1180. The van der Waals surface area contributed by atoms with Crippen LogP contribution in [-0.2, 0) is 6.18 Å². The molecule has 0 aromatic heterocycles. The lowest BCUT2D eigenvalue weighted by atomic mass is 10.1. The third-order valence-corrected chi connectivity index (χ3v) is 5.02. The van der Waals surface area contributed by atoms with E-state index in [0.29, 0.717) is 11.3 Å². The van der Waals surface area contributed by atoms with E-state index in [1.807, 2.05) is 6.07 Å². The molecule has 3 N–H and O–H groups in total. The largest absolute Gasteiger partial charge is 0.416 e. The van der Waals surface area contributed by atoms with Gasteiger partial charge in [-0.3, -0.25) is 14.9 Å². The zero-order valence-electron chi connectivity index (χ0n) is 16.2. The maximum Gasteiger partial charge on any atom is 0.416 e. The van der Waals surface area contributed by atoms with Crippen LogP contribution < -0.4 is 16.0 Å². The first-order valence-electron chi connectivity index (χ1n) is 9.08. The van der Waals surface area contributed by atoms with Gasteiger partial charge in [-0.2, -0.15) is 13.2 Å². The smallest absolute Gasteiger partial charge is 0.332 e. The predicted molar refractivity (Wildman–Crippen MR) is 129 cm³/mol. The number of anilines is 2. The molecule has 2 amide bonds. The molecule has 0 bridgehead atoms. The van der Waals surface area contributed by atoms with Crippen LogP contribution in [0.4, 0.5) is 24.5 Å². The quantitative estimate of drug-likeness (QED) is 0.279. The van der Waals surface area contributed by atoms with E-state index >= 15 is 0 Å². The van der Waals surface area contributed by atoms with Crippen LogP contribution in [0.1, 0.15) is 26.3 Å². The summed E-state index contributed by atoms with van der Waals surface area (Å²) in [6.45, 7) is 0. The molecule has 3 aromatic carbocycles. The molecule has 3 rings (SSSR count). The van der Waals surface area contributed by atoms with E-state index in [2.05, 4.69) is 38.5 Å². The van der Waals surface area contributed by atoms with Gasteiger partial charge >= 0.3 is 6.18 Å². The van der Waals surface area contributed by atoms with Crippen molar-refractivity contribution in [3.8, 4) is 0 Å². The van der Waals surface area contributed by atoms with E-state index in [-0.39, 0.29) is 22.3 Å². The summed E-state index contributed by atoms with van der Waals surface area (Å²) < 4.78 is 39.5. The van der Waals surface area contributed by atoms with Gasteiger partial charge in [-0.05, 0) is 89.4 Å². The number of benzene rings is 3. The van der Waals surface area contributed by atoms with E-state index < -0.39 is 17.6 Å². The van der Waals surface area contributed by atoms with Gasteiger partial charge in [0, 0.05) is 26.1 Å². The second-order valence-electron chi connectivity index (χ2n) is 6.53. The number of carbonyl (C=O) groups excluding carboxylic acids is 2. The molecule has 0 aliphatic rings. The van der Waals surface area contributed by atoms with E-state index in [1.54, 1.807) is 30.3 Å². The van der Waals surface area contributed by atoms with Gasteiger partial charge in [0.15, 0.2) is 5.11 Å². The van der Waals surface area contributed by atoms with Crippen LogP contribution in [0.15, 0.2) is 72.8 Å². The van der Waals surface area contributed by atoms with E-state index in [1.165, 1.54) is 24.3 Å². The molecule has 32 heavy (non-hydrogen) atoms. The van der Waals surface area contributed by atoms with Crippen LogP contribution >= 0.6 is 34.8 Å². The maximum absolute atomic E-state index is 12.9. The highest BCUT2D eigenvalue weighted by Crippen LogP contribution is 2.30. The number of hydrogen-bond acceptors (Lipinski definition) is 3. The fraction of sp³-hybridized carbons (Fsp3) is 0.0455. The lowest BCUT2D eigenvalue weighted by molar-refractivity contribution is -0.137. The van der Waals surface area contributed by atoms with Crippen molar-refractivity contribution >= 4 is 63.1 Å². The lowest BCUT2D eigenvalue weighted by Crippen LogP contribution is -2.34. The van der Waals surface area contributed by atoms with Crippen LogP contribution in [-0.4, -0.2) is 16.9 Å². The number of halogens is 4. The van der Waals surface area contributed by atoms with Crippen molar-refractivity contribution in [3.05, 3.63) is 93.1 Å². The van der Waals surface area contributed by atoms with Gasteiger partial charge in [-0.1, -0.05) is 18.2 Å². The minimum Gasteiger partial charge on any atom is -0.332 e. The molecule has 0 fully saturated rings. The Kier molecular flexibility index (Phi) is 7.46. The molecule has 0 aliphatic carbocycles. The van der Waals surface area contributed by atoms with Gasteiger partial charge in [-0.15, -0.1) is 0 Å². The zero-order chi connectivity index (χ0) is 23.3. The summed E-state index contributed by atoms with van der Waals surface area (Å²) in [5, 5.41) is 7.84. The number of amides is 2. The minimum atomic E-state index is -4.51. The van der Waals surface area contributed by atoms with Crippen molar-refractivity contribution < 1.29 is 22.8 Å². The maximum atomic E-state index is 12.9. The van der Waals surface area contributed by atoms with Crippen molar-refractivity contribution in [2.24, 2.45) is 0 Å². The molecular weight excluding hydrogens is 554 g/mol. The first kappa shape index (κ1) is 23.7. The molecule has 10 heteroatoms. The molecule has 0 spiro atoms. The molecule has 5 nitrogen and oxygen atoms in total. The van der Waals surface area contributed by atoms with Gasteiger partial charge < -0.3 is 10.6 Å². The summed E-state index contributed by atoms with van der Waals surface area (Å²) in [5.74, 6) is -0.985. The van der Waals surface area contributed by atoms with Gasteiger partial charge in [0.2, 0.25) is 0 Å². The summed E-state index contributed by atoms with van der Waals surface area (Å²) in [6.07, 6.45) is -4.51. The van der Waals surface area contributed by atoms with Gasteiger partial charge in [-0.25, -0.2) is 0 Å². The fourth-order valence-corrected chi connectivity index (χ4v) is 3.44. The highest BCUT2D eigenvalue weighted by atomic mass is 127. The third-order valence-electron chi connectivity index (χ3n) is 4.14. The highest BCUT2D eigenvalue weighted by Gasteiger charge is 2.30. The Labute approximate surface area is 200 Å². The van der Waals surface area contributed by atoms with E-state index in [4.69, 9.17) is 12.2 Å². The Morgan fingerprint density at radius 3 is 2.03 bits per heavy atom. The lowest BCUT2D eigenvalue weighted by Gasteiger charge is -2.12. The van der Waals surface area contributed by atoms with Gasteiger partial charge in [0.05, 0.1) is 5.56 Å². The summed E-state index contributed by atoms with van der Waals surface area (Å²) in [4.78, 5) is 24.8. The molecule has 0 saturated heterocycles. The van der Waals surface area contributed by atoms with Crippen LogP contribution in [0.2, 0.25) is 0 Å². The number of alkyl halides is 3. The first-order valence-corrected chi connectivity index (χ1v) is 10.6. The number of hydrogen-bond donors (Lipinski definition) is 3. The molecule has 0 saturated carbocycles. The molecule has 0 heterocycles. The SMILES string of the molecule is O=C(NC(=S)Nc1cccc(C(=O)Nc2cccc(C(F)(F)F)c2)c1)c1cccc(I)c1. The van der Waals surface area contributed by atoms with Crippen molar-refractivity contribution in [2.45, 2.75) is 6.18 Å². The van der Waals surface area contributed by atoms with Crippen LogP contribution in [0, 0.1) is 3.57 Å². The van der Waals surface area contributed by atoms with Crippen molar-refractivity contribution in [3.63, 3.8) is 0 Å². The van der Waals surface area contributed by atoms with E-state index in [9.17, 15) is 22.8 Å². The Morgan fingerprint density at radius 1 is 0.781 bits per heavy atom. The van der Waals surface area contributed by atoms with Crippen LogP contribution in [0.5, 0.6) is 0 Å². The molecule has 0 unspecified atom stereocenters. The van der Waals surface area contributed by atoms with Gasteiger partial charge in [0.1, 0.15) is 0 Å². The monoisotopic (exact) mass is 569 g/mol. The Balaban J connectivity index is 1.65. The molecule has 0 aliphatic heterocycles. The standard InChI is InChI=1S/C22H15F3IN3O2S/c23-22(24,25)15-6-3-9-18(12-15)27-19(30)14-5-2-8-17(11-14)28-21(32)29-20(31)13-4-1-7-16(26)10-13/h1-12H,(H,27,30)(H2,28,29,31,32). The highest BCUT2D eigenvalue weighted by molar-refractivity contribution is 14.1. The van der Waals surface area contributed by atoms with Crippen molar-refractivity contribution in [2.75, 3.05) is 10.6 Å². The predicted octanol–water partition coefficient (Wildman–Crippen LogP) is 5.69. The van der Waals surface area contributed by atoms with Crippen molar-refractivity contribution in [1.29, 1.82) is 0 Å². The summed E-state index contributed by atoms with van der Waals surface area (Å²) in [5.41, 5.74) is 0.215. The van der Waals surface area contributed by atoms with Gasteiger partial charge in [0.25, 0.3) is 11.8 Å². The second kappa shape index (κ2) is 10.1. The first-order chi connectivity index (χ1) is 15.1. The summed E-state index contributed by atoms with van der Waals surface area (Å²) in [6, 6.07) is 17.5. The normalized spacial score (nSPS) is 10.9. The Hall–Kier alpha value is -2.99. The van der Waals surface area contributed by atoms with Crippen LogP contribution in [0.3, 0.4) is 0 Å². The molecule has 3 aromatic rings. The summed E-state index contributed by atoms with van der Waals surface area (Å²) in [7, 11) is 0. The molecule has 0 radical (unpaired) electrons. The number of carbonyl (C=O) groups is 2. The topological polar surface area (TPSA) is 70.2 Å². The minimum absolute atomic E-state index is 0.0171. The number of thiocarbonyl (C=S) groups is 1. The van der Waals surface area contributed by atoms with Crippen molar-refractivity contribution in [1.82, 2.24) is 5.32 Å².